The van der Waals surface area contributed by atoms with E-state index in [0.29, 0.717) is 26.3 Å². The number of ether oxygens (including phenoxy) is 2. The predicted molar refractivity (Wildman–Crippen MR) is 158 cm³/mol. The van der Waals surface area contributed by atoms with Crippen molar-refractivity contribution in [1.82, 2.24) is 0 Å². The van der Waals surface area contributed by atoms with Crippen molar-refractivity contribution in [3.05, 3.63) is 131 Å². The standard InChI is InChI=1S/C34H38N2O2/c35-23-7-9-25-37-31-19-15-29(16-20-31)33(27-11-3-1-4-12-27)34(28-13-5-2-6-14-28)30-17-21-32(22-18-30)38-26-10-8-24-36/h1-6,11-22H,7-10,23-26,35-36H2/b34-33-. The Bertz CT molecular complexity index is 1150. The van der Waals surface area contributed by atoms with Crippen LogP contribution >= 0.6 is 0 Å². The minimum absolute atomic E-state index is 0.674. The molecular formula is C34H38N2O2. The van der Waals surface area contributed by atoms with Gasteiger partial charge in [0.2, 0.25) is 0 Å². The molecule has 0 aliphatic carbocycles. The van der Waals surface area contributed by atoms with Gasteiger partial charge in [-0.2, -0.15) is 0 Å². The summed E-state index contributed by atoms with van der Waals surface area (Å²) in [5.41, 5.74) is 18.1. The van der Waals surface area contributed by atoms with Gasteiger partial charge in [-0.25, -0.2) is 0 Å². The highest BCUT2D eigenvalue weighted by molar-refractivity contribution is 6.04. The predicted octanol–water partition coefficient (Wildman–Crippen LogP) is 6.93. The van der Waals surface area contributed by atoms with Crippen LogP contribution in [0.5, 0.6) is 11.5 Å². The van der Waals surface area contributed by atoms with Crippen molar-refractivity contribution in [2.45, 2.75) is 25.7 Å². The van der Waals surface area contributed by atoms with Gasteiger partial charge in [0.25, 0.3) is 0 Å². The number of hydrogen-bond acceptors (Lipinski definition) is 4. The van der Waals surface area contributed by atoms with E-state index in [-0.39, 0.29) is 0 Å². The Morgan fingerprint density at radius 2 is 0.763 bits per heavy atom. The molecule has 0 radical (unpaired) electrons. The molecule has 4 rings (SSSR count). The summed E-state index contributed by atoms with van der Waals surface area (Å²) < 4.78 is 11.9. The number of rotatable bonds is 14. The van der Waals surface area contributed by atoms with Crippen LogP contribution in [0, 0.1) is 0 Å². The summed E-state index contributed by atoms with van der Waals surface area (Å²) in [6.45, 7) is 2.73. The van der Waals surface area contributed by atoms with Crippen LogP contribution in [0.3, 0.4) is 0 Å². The molecular weight excluding hydrogens is 468 g/mol. The van der Waals surface area contributed by atoms with Gasteiger partial charge in [-0.3, -0.25) is 0 Å². The van der Waals surface area contributed by atoms with Gasteiger partial charge >= 0.3 is 0 Å². The highest BCUT2D eigenvalue weighted by Gasteiger charge is 2.16. The van der Waals surface area contributed by atoms with E-state index in [1.807, 2.05) is 0 Å². The molecule has 0 spiro atoms. The zero-order valence-electron chi connectivity index (χ0n) is 22.0. The highest BCUT2D eigenvalue weighted by Crippen LogP contribution is 2.37. The van der Waals surface area contributed by atoms with Crippen LogP contribution in [0.2, 0.25) is 0 Å². The largest absolute Gasteiger partial charge is 0.494 e. The van der Waals surface area contributed by atoms with E-state index >= 15 is 0 Å². The molecule has 0 bridgehead atoms. The zero-order chi connectivity index (χ0) is 26.4. The Hall–Kier alpha value is -3.86. The molecule has 4 N–H and O–H groups in total. The first-order valence-corrected chi connectivity index (χ1v) is 13.5. The second-order valence-electron chi connectivity index (χ2n) is 9.22. The summed E-state index contributed by atoms with van der Waals surface area (Å²) in [6.07, 6.45) is 3.85. The molecule has 0 aliphatic heterocycles. The molecule has 0 fully saturated rings. The first-order chi connectivity index (χ1) is 18.8. The van der Waals surface area contributed by atoms with Crippen LogP contribution in [-0.2, 0) is 0 Å². The lowest BCUT2D eigenvalue weighted by Crippen LogP contribution is -2.03. The molecule has 4 heteroatoms. The third-order valence-electron chi connectivity index (χ3n) is 6.40. The van der Waals surface area contributed by atoms with Crippen LogP contribution in [0.15, 0.2) is 109 Å². The second kappa shape index (κ2) is 14.8. The van der Waals surface area contributed by atoms with E-state index in [0.717, 1.165) is 59.4 Å². The van der Waals surface area contributed by atoms with Crippen molar-refractivity contribution in [3.8, 4) is 11.5 Å². The van der Waals surface area contributed by atoms with Gasteiger partial charge in [-0.05, 0) is 96.4 Å². The molecule has 0 amide bonds. The van der Waals surface area contributed by atoms with Crippen LogP contribution in [0.25, 0.3) is 11.1 Å². The quantitative estimate of drug-likeness (QED) is 0.144. The summed E-state index contributed by atoms with van der Waals surface area (Å²) in [6, 6.07) is 38.0. The number of nitrogens with two attached hydrogens (primary N) is 2. The van der Waals surface area contributed by atoms with Crippen LogP contribution < -0.4 is 20.9 Å². The lowest BCUT2D eigenvalue weighted by molar-refractivity contribution is 0.307. The Morgan fingerprint density at radius 1 is 0.421 bits per heavy atom. The maximum atomic E-state index is 5.95. The maximum absolute atomic E-state index is 5.95. The summed E-state index contributed by atoms with van der Waals surface area (Å²) in [7, 11) is 0. The first kappa shape index (κ1) is 27.2. The number of unbranched alkanes of at least 4 members (excludes halogenated alkanes) is 2. The normalized spacial score (nSPS) is 11.6. The van der Waals surface area contributed by atoms with Gasteiger partial charge in [0, 0.05) is 0 Å². The Balaban J connectivity index is 1.75. The monoisotopic (exact) mass is 506 g/mol. The molecule has 0 aromatic heterocycles. The molecule has 0 heterocycles. The van der Waals surface area contributed by atoms with Gasteiger partial charge in [0.1, 0.15) is 11.5 Å². The summed E-state index contributed by atoms with van der Waals surface area (Å²) in [5.74, 6) is 1.74. The maximum Gasteiger partial charge on any atom is 0.119 e. The summed E-state index contributed by atoms with van der Waals surface area (Å²) >= 11 is 0. The first-order valence-electron chi connectivity index (χ1n) is 13.5. The van der Waals surface area contributed by atoms with Crippen molar-refractivity contribution in [3.63, 3.8) is 0 Å². The van der Waals surface area contributed by atoms with E-state index in [2.05, 4.69) is 109 Å². The third kappa shape index (κ3) is 7.58. The lowest BCUT2D eigenvalue weighted by Gasteiger charge is -2.19. The minimum atomic E-state index is 0.674. The number of benzene rings is 4. The molecule has 4 aromatic carbocycles. The van der Waals surface area contributed by atoms with E-state index in [1.165, 1.54) is 11.1 Å². The van der Waals surface area contributed by atoms with Gasteiger partial charge in [-0.15, -0.1) is 0 Å². The third-order valence-corrected chi connectivity index (χ3v) is 6.40. The van der Waals surface area contributed by atoms with E-state index < -0.39 is 0 Å². The molecule has 0 saturated carbocycles. The van der Waals surface area contributed by atoms with Crippen LogP contribution in [-0.4, -0.2) is 26.3 Å². The Kier molecular flexibility index (Phi) is 10.6. The van der Waals surface area contributed by atoms with E-state index in [4.69, 9.17) is 20.9 Å². The Morgan fingerprint density at radius 3 is 1.11 bits per heavy atom. The van der Waals surface area contributed by atoms with Crippen molar-refractivity contribution < 1.29 is 9.47 Å². The molecule has 0 aliphatic rings. The highest BCUT2D eigenvalue weighted by atomic mass is 16.5. The lowest BCUT2D eigenvalue weighted by atomic mass is 9.86. The second-order valence-corrected chi connectivity index (χ2v) is 9.22. The van der Waals surface area contributed by atoms with Gasteiger partial charge in [-0.1, -0.05) is 84.9 Å². The summed E-state index contributed by atoms with van der Waals surface area (Å²) in [4.78, 5) is 0. The van der Waals surface area contributed by atoms with E-state index in [9.17, 15) is 0 Å². The van der Waals surface area contributed by atoms with Crippen molar-refractivity contribution in [2.24, 2.45) is 11.5 Å². The van der Waals surface area contributed by atoms with Gasteiger partial charge in [0.15, 0.2) is 0 Å². The molecule has 4 aromatic rings. The van der Waals surface area contributed by atoms with Crippen molar-refractivity contribution >= 4 is 11.1 Å². The molecule has 0 saturated heterocycles. The molecule has 4 nitrogen and oxygen atoms in total. The summed E-state index contributed by atoms with van der Waals surface area (Å²) in [5, 5.41) is 0. The topological polar surface area (TPSA) is 70.5 Å². The molecule has 0 atom stereocenters. The minimum Gasteiger partial charge on any atom is -0.494 e. The smallest absolute Gasteiger partial charge is 0.119 e. The number of hydrogen-bond donors (Lipinski definition) is 2. The average Bonchev–Trinajstić information content (AvgIpc) is 2.98. The van der Waals surface area contributed by atoms with Crippen molar-refractivity contribution in [2.75, 3.05) is 26.3 Å². The Labute approximate surface area is 226 Å². The van der Waals surface area contributed by atoms with Crippen LogP contribution in [0.4, 0.5) is 0 Å². The average molecular weight is 507 g/mol. The molecule has 38 heavy (non-hydrogen) atoms. The molecule has 196 valence electrons. The van der Waals surface area contributed by atoms with Gasteiger partial charge < -0.3 is 20.9 Å². The molecule has 0 unspecified atom stereocenters. The fourth-order valence-corrected chi connectivity index (χ4v) is 4.43. The van der Waals surface area contributed by atoms with Crippen LogP contribution in [0.1, 0.15) is 47.9 Å². The van der Waals surface area contributed by atoms with Gasteiger partial charge in [0.05, 0.1) is 13.2 Å². The van der Waals surface area contributed by atoms with E-state index in [1.54, 1.807) is 0 Å². The zero-order valence-corrected chi connectivity index (χ0v) is 22.0. The SMILES string of the molecule is NCCCCOc1ccc(/C(=C(/c2ccccc2)c2ccc(OCCCCN)cc2)c2ccccc2)cc1. The fraction of sp³-hybridized carbons (Fsp3) is 0.235. The van der Waals surface area contributed by atoms with Crippen molar-refractivity contribution in [1.29, 1.82) is 0 Å². The fourth-order valence-electron chi connectivity index (χ4n) is 4.43.